The molecule has 4 nitrogen and oxygen atoms in total. The summed E-state index contributed by atoms with van der Waals surface area (Å²) in [5.74, 6) is 1.38. The van der Waals surface area contributed by atoms with Crippen LogP contribution < -0.4 is 0 Å². The molecule has 1 aliphatic rings. The van der Waals surface area contributed by atoms with Crippen LogP contribution in [0.2, 0.25) is 0 Å². The second-order valence-corrected chi connectivity index (χ2v) is 5.25. The fraction of sp³-hybridized carbons (Fsp3) is 0.846. The standard InChI is InChI=1S/C13H23N3O/c1-11-14-12(16-15-11)13(17)9-7-5-3-2-4-6-8-10-13/h17H,2-10H2,1H3,(H,14,15,16). The van der Waals surface area contributed by atoms with E-state index in [0.29, 0.717) is 5.82 Å². The molecule has 0 unspecified atom stereocenters. The van der Waals surface area contributed by atoms with Crippen LogP contribution in [-0.2, 0) is 5.60 Å². The number of aromatic amines is 1. The van der Waals surface area contributed by atoms with Gasteiger partial charge in [0.15, 0.2) is 5.82 Å². The van der Waals surface area contributed by atoms with E-state index in [1.165, 1.54) is 32.1 Å². The molecule has 2 N–H and O–H groups in total. The number of aryl methyl sites for hydroxylation is 1. The van der Waals surface area contributed by atoms with Gasteiger partial charge in [-0.15, -0.1) is 0 Å². The predicted molar refractivity (Wildman–Crippen MR) is 66.6 cm³/mol. The number of H-pyrrole nitrogens is 1. The van der Waals surface area contributed by atoms with E-state index in [1.54, 1.807) is 0 Å². The Morgan fingerprint density at radius 3 is 2.00 bits per heavy atom. The molecule has 17 heavy (non-hydrogen) atoms. The van der Waals surface area contributed by atoms with Crippen LogP contribution in [0.3, 0.4) is 0 Å². The van der Waals surface area contributed by atoms with Crippen LogP contribution in [-0.4, -0.2) is 20.3 Å². The third-order valence-corrected chi connectivity index (χ3v) is 3.69. The summed E-state index contributed by atoms with van der Waals surface area (Å²) in [6, 6.07) is 0. The lowest BCUT2D eigenvalue weighted by molar-refractivity contribution is 0.00398. The van der Waals surface area contributed by atoms with Gasteiger partial charge in [-0.3, -0.25) is 5.10 Å². The van der Waals surface area contributed by atoms with E-state index in [2.05, 4.69) is 15.2 Å². The van der Waals surface area contributed by atoms with Gasteiger partial charge in [-0.2, -0.15) is 5.10 Å². The highest BCUT2D eigenvalue weighted by Crippen LogP contribution is 2.32. The summed E-state index contributed by atoms with van der Waals surface area (Å²) >= 11 is 0. The molecule has 0 radical (unpaired) electrons. The average Bonchev–Trinajstić information content (AvgIpc) is 2.75. The van der Waals surface area contributed by atoms with Crippen molar-refractivity contribution < 1.29 is 5.11 Å². The lowest BCUT2D eigenvalue weighted by Crippen LogP contribution is -2.27. The first-order valence-corrected chi connectivity index (χ1v) is 6.83. The Morgan fingerprint density at radius 2 is 1.53 bits per heavy atom. The average molecular weight is 237 g/mol. The van der Waals surface area contributed by atoms with Gasteiger partial charge in [-0.25, -0.2) is 4.98 Å². The largest absolute Gasteiger partial charge is 0.382 e. The predicted octanol–water partition coefficient (Wildman–Crippen LogP) is 2.83. The van der Waals surface area contributed by atoms with Crippen LogP contribution in [0.1, 0.15) is 69.4 Å². The van der Waals surface area contributed by atoms with Crippen LogP contribution in [0.5, 0.6) is 0 Å². The van der Waals surface area contributed by atoms with Crippen LogP contribution in [0, 0.1) is 6.92 Å². The van der Waals surface area contributed by atoms with Gasteiger partial charge in [-0.1, -0.05) is 44.9 Å². The SMILES string of the molecule is Cc1nc(C2(O)CCCCCCCCC2)n[nH]1. The Bertz CT molecular complexity index is 338. The summed E-state index contributed by atoms with van der Waals surface area (Å²) < 4.78 is 0. The van der Waals surface area contributed by atoms with Crippen molar-refractivity contribution in [2.24, 2.45) is 0 Å². The zero-order chi connectivity index (χ0) is 12.1. The van der Waals surface area contributed by atoms with Crippen LogP contribution in [0.15, 0.2) is 0 Å². The molecular weight excluding hydrogens is 214 g/mol. The fourth-order valence-corrected chi connectivity index (χ4v) is 2.62. The highest BCUT2D eigenvalue weighted by Gasteiger charge is 2.32. The van der Waals surface area contributed by atoms with Gasteiger partial charge in [0.25, 0.3) is 0 Å². The third-order valence-electron chi connectivity index (χ3n) is 3.69. The number of hydrogen-bond acceptors (Lipinski definition) is 3. The zero-order valence-electron chi connectivity index (χ0n) is 10.7. The zero-order valence-corrected chi connectivity index (χ0v) is 10.7. The number of nitrogens with zero attached hydrogens (tertiary/aromatic N) is 2. The Kier molecular flexibility index (Phi) is 4.15. The second-order valence-electron chi connectivity index (χ2n) is 5.25. The lowest BCUT2D eigenvalue weighted by Gasteiger charge is -2.26. The normalized spacial score (nSPS) is 22.2. The molecule has 0 aliphatic heterocycles. The lowest BCUT2D eigenvalue weighted by atomic mass is 9.87. The molecule has 0 atom stereocenters. The number of rotatable bonds is 1. The topological polar surface area (TPSA) is 61.8 Å². The third kappa shape index (κ3) is 3.28. The highest BCUT2D eigenvalue weighted by molar-refractivity contribution is 5.01. The maximum Gasteiger partial charge on any atom is 0.182 e. The number of aromatic nitrogens is 3. The van der Waals surface area contributed by atoms with Gasteiger partial charge in [0.1, 0.15) is 11.4 Å². The van der Waals surface area contributed by atoms with Crippen LogP contribution in [0.4, 0.5) is 0 Å². The van der Waals surface area contributed by atoms with Gasteiger partial charge in [0.2, 0.25) is 0 Å². The summed E-state index contributed by atoms with van der Waals surface area (Å²) in [5, 5.41) is 17.7. The summed E-state index contributed by atoms with van der Waals surface area (Å²) in [7, 11) is 0. The van der Waals surface area contributed by atoms with E-state index in [0.717, 1.165) is 31.5 Å². The van der Waals surface area contributed by atoms with E-state index >= 15 is 0 Å². The molecule has 96 valence electrons. The van der Waals surface area contributed by atoms with Crippen molar-refractivity contribution in [1.82, 2.24) is 15.2 Å². The van der Waals surface area contributed by atoms with Gasteiger partial charge < -0.3 is 5.11 Å². The minimum atomic E-state index is -0.803. The van der Waals surface area contributed by atoms with Gasteiger partial charge in [-0.05, 0) is 19.8 Å². The van der Waals surface area contributed by atoms with Gasteiger partial charge >= 0.3 is 0 Å². The van der Waals surface area contributed by atoms with E-state index in [9.17, 15) is 5.11 Å². The Hall–Kier alpha value is -0.900. The van der Waals surface area contributed by atoms with E-state index in [1.807, 2.05) is 6.92 Å². The Morgan fingerprint density at radius 1 is 1.00 bits per heavy atom. The van der Waals surface area contributed by atoms with Gasteiger partial charge in [0, 0.05) is 0 Å². The van der Waals surface area contributed by atoms with E-state index in [4.69, 9.17) is 0 Å². The Labute approximate surface area is 103 Å². The van der Waals surface area contributed by atoms with E-state index < -0.39 is 5.60 Å². The van der Waals surface area contributed by atoms with Crippen LogP contribution >= 0.6 is 0 Å². The summed E-state index contributed by atoms with van der Waals surface area (Å²) in [5.41, 5.74) is -0.803. The smallest absolute Gasteiger partial charge is 0.182 e. The van der Waals surface area contributed by atoms with Crippen molar-refractivity contribution in [2.75, 3.05) is 0 Å². The molecule has 4 heteroatoms. The van der Waals surface area contributed by atoms with Crippen molar-refractivity contribution in [2.45, 2.75) is 70.3 Å². The Balaban J connectivity index is 2.07. The molecule has 1 aromatic rings. The maximum absolute atomic E-state index is 10.7. The molecule has 1 saturated carbocycles. The van der Waals surface area contributed by atoms with Crippen molar-refractivity contribution >= 4 is 0 Å². The summed E-state index contributed by atoms with van der Waals surface area (Å²) in [6.07, 6.45) is 10.1. The molecule has 1 aromatic heterocycles. The van der Waals surface area contributed by atoms with Crippen molar-refractivity contribution in [1.29, 1.82) is 0 Å². The molecular formula is C13H23N3O. The molecule has 2 rings (SSSR count). The number of aliphatic hydroxyl groups is 1. The molecule has 0 spiro atoms. The first kappa shape index (κ1) is 12.6. The molecule has 1 aliphatic carbocycles. The number of nitrogens with one attached hydrogen (secondary N) is 1. The second kappa shape index (κ2) is 5.63. The molecule has 0 amide bonds. The first-order chi connectivity index (χ1) is 8.21. The monoisotopic (exact) mass is 237 g/mol. The molecule has 0 saturated heterocycles. The molecule has 1 fully saturated rings. The van der Waals surface area contributed by atoms with Crippen molar-refractivity contribution in [3.63, 3.8) is 0 Å². The van der Waals surface area contributed by atoms with Crippen molar-refractivity contribution in [3.8, 4) is 0 Å². The van der Waals surface area contributed by atoms with Crippen molar-refractivity contribution in [3.05, 3.63) is 11.6 Å². The van der Waals surface area contributed by atoms with Gasteiger partial charge in [0.05, 0.1) is 0 Å². The maximum atomic E-state index is 10.7. The molecule has 0 bridgehead atoms. The highest BCUT2D eigenvalue weighted by atomic mass is 16.3. The number of hydrogen-bond donors (Lipinski definition) is 2. The summed E-state index contributed by atoms with van der Waals surface area (Å²) in [6.45, 7) is 1.88. The van der Waals surface area contributed by atoms with E-state index in [-0.39, 0.29) is 0 Å². The molecule has 0 aromatic carbocycles. The first-order valence-electron chi connectivity index (χ1n) is 6.83. The quantitative estimate of drug-likeness (QED) is 0.789. The fourth-order valence-electron chi connectivity index (χ4n) is 2.62. The summed E-state index contributed by atoms with van der Waals surface area (Å²) in [4.78, 5) is 4.32. The minimum Gasteiger partial charge on any atom is -0.382 e. The molecule has 1 heterocycles. The minimum absolute atomic E-state index is 0.593. The van der Waals surface area contributed by atoms with Crippen LogP contribution in [0.25, 0.3) is 0 Å².